The maximum Gasteiger partial charge on any atom is 0.0540 e. The lowest BCUT2D eigenvalue weighted by Crippen LogP contribution is -2.12. The Labute approximate surface area is 342 Å². The number of anilines is 3. The lowest BCUT2D eigenvalue weighted by molar-refractivity contribution is 1.28. The summed E-state index contributed by atoms with van der Waals surface area (Å²) in [5.74, 6) is 0. The Morgan fingerprint density at radius 1 is 0.293 bits per heavy atom. The molecular formula is C56H37NS. The summed E-state index contributed by atoms with van der Waals surface area (Å²) >= 11 is 1.86. The Morgan fingerprint density at radius 2 is 0.810 bits per heavy atom. The minimum absolute atomic E-state index is 1.10. The molecular weight excluding hydrogens is 719 g/mol. The van der Waals surface area contributed by atoms with Crippen LogP contribution in [0.1, 0.15) is 0 Å². The van der Waals surface area contributed by atoms with E-state index >= 15 is 0 Å². The van der Waals surface area contributed by atoms with Crippen molar-refractivity contribution in [2.75, 3.05) is 4.90 Å². The van der Waals surface area contributed by atoms with Gasteiger partial charge in [-0.3, -0.25) is 0 Å². The number of benzene rings is 10. The number of nitrogens with zero attached hydrogens (tertiary/aromatic N) is 1. The van der Waals surface area contributed by atoms with Crippen LogP contribution in [0.15, 0.2) is 224 Å². The second-order valence-corrected chi connectivity index (χ2v) is 15.9. The van der Waals surface area contributed by atoms with Crippen LogP contribution in [0, 0.1) is 0 Å². The fourth-order valence-electron chi connectivity index (χ4n) is 8.70. The highest BCUT2D eigenvalue weighted by Crippen LogP contribution is 2.48. The molecule has 10 aromatic carbocycles. The molecule has 272 valence electrons. The lowest BCUT2D eigenvalue weighted by atomic mass is 9.95. The van der Waals surface area contributed by atoms with Gasteiger partial charge in [-0.1, -0.05) is 182 Å². The molecule has 11 rings (SSSR count). The molecule has 0 fully saturated rings. The lowest BCUT2D eigenvalue weighted by Gasteiger charge is -2.30. The fraction of sp³-hybridized carbons (Fsp3) is 0. The topological polar surface area (TPSA) is 3.24 Å². The van der Waals surface area contributed by atoms with Crippen LogP contribution in [0.3, 0.4) is 0 Å². The summed E-state index contributed by atoms with van der Waals surface area (Å²) < 4.78 is 2.61. The molecule has 2 heteroatoms. The highest BCUT2D eigenvalue weighted by Gasteiger charge is 2.22. The van der Waals surface area contributed by atoms with Gasteiger partial charge in [-0.15, -0.1) is 11.3 Å². The van der Waals surface area contributed by atoms with Crippen LogP contribution >= 0.6 is 11.3 Å². The van der Waals surface area contributed by atoms with Crippen LogP contribution in [0.2, 0.25) is 0 Å². The first-order chi connectivity index (χ1) is 28.8. The normalized spacial score (nSPS) is 11.4. The summed E-state index contributed by atoms with van der Waals surface area (Å²) in [6.45, 7) is 0. The summed E-state index contributed by atoms with van der Waals surface area (Å²) in [6.07, 6.45) is 0. The predicted octanol–water partition coefficient (Wildman–Crippen LogP) is 16.5. The quantitative estimate of drug-likeness (QED) is 0.157. The standard InChI is InChI=1S/C56H37NS/c1-2-15-43-37-44(32-29-38(43)13-1)48-18-5-8-23-52(48)57(53-24-9-6-19-49(53)50-22-12-26-55-56(50)51-20-7-10-25-54(51)58-55)45-35-33-40(34-36-45)39-27-30-42(31-28-39)47-21-11-16-41-14-3-4-17-46(41)47/h1-37H. The van der Waals surface area contributed by atoms with Crippen molar-refractivity contribution in [1.82, 2.24) is 0 Å². The Bertz CT molecular complexity index is 3280. The highest BCUT2D eigenvalue weighted by atomic mass is 32.1. The molecule has 0 unspecified atom stereocenters. The van der Waals surface area contributed by atoms with Crippen LogP contribution in [0.5, 0.6) is 0 Å². The summed E-state index contributed by atoms with van der Waals surface area (Å²) in [4.78, 5) is 2.46. The molecule has 0 spiro atoms. The van der Waals surface area contributed by atoms with Gasteiger partial charge in [0.05, 0.1) is 11.4 Å². The van der Waals surface area contributed by atoms with Gasteiger partial charge in [0.2, 0.25) is 0 Å². The summed E-state index contributed by atoms with van der Waals surface area (Å²) in [5, 5.41) is 7.60. The molecule has 0 saturated heterocycles. The third-order valence-corrected chi connectivity index (χ3v) is 12.6. The third-order valence-electron chi connectivity index (χ3n) is 11.5. The van der Waals surface area contributed by atoms with Gasteiger partial charge in [0.25, 0.3) is 0 Å². The Kier molecular flexibility index (Phi) is 8.42. The maximum atomic E-state index is 2.46. The molecule has 0 atom stereocenters. The van der Waals surface area contributed by atoms with Gasteiger partial charge in [-0.25, -0.2) is 0 Å². The van der Waals surface area contributed by atoms with Crippen molar-refractivity contribution in [1.29, 1.82) is 0 Å². The van der Waals surface area contributed by atoms with Gasteiger partial charge in [0.15, 0.2) is 0 Å². The molecule has 0 amide bonds. The first-order valence-electron chi connectivity index (χ1n) is 19.8. The van der Waals surface area contributed by atoms with E-state index in [0.29, 0.717) is 0 Å². The van der Waals surface area contributed by atoms with E-state index in [1.165, 1.54) is 86.2 Å². The average molecular weight is 756 g/mol. The monoisotopic (exact) mass is 755 g/mol. The molecule has 0 aliphatic heterocycles. The molecule has 0 radical (unpaired) electrons. The van der Waals surface area contributed by atoms with Gasteiger partial charge in [0.1, 0.15) is 0 Å². The number of rotatable bonds is 7. The van der Waals surface area contributed by atoms with Gasteiger partial charge in [0, 0.05) is 37.0 Å². The van der Waals surface area contributed by atoms with Gasteiger partial charge < -0.3 is 4.90 Å². The van der Waals surface area contributed by atoms with Crippen LogP contribution < -0.4 is 4.90 Å². The molecule has 0 aliphatic carbocycles. The molecule has 11 aromatic rings. The molecule has 0 bridgehead atoms. The molecule has 58 heavy (non-hydrogen) atoms. The average Bonchev–Trinajstić information content (AvgIpc) is 3.69. The second-order valence-electron chi connectivity index (χ2n) is 14.9. The molecule has 0 saturated carbocycles. The van der Waals surface area contributed by atoms with Crippen LogP contribution in [-0.2, 0) is 0 Å². The Balaban J connectivity index is 1.06. The van der Waals surface area contributed by atoms with Crippen LogP contribution in [-0.4, -0.2) is 0 Å². The van der Waals surface area contributed by atoms with Crippen molar-refractivity contribution in [2.45, 2.75) is 0 Å². The van der Waals surface area contributed by atoms with E-state index < -0.39 is 0 Å². The Hall–Kier alpha value is -7.26. The van der Waals surface area contributed by atoms with E-state index in [2.05, 4.69) is 229 Å². The van der Waals surface area contributed by atoms with E-state index in [4.69, 9.17) is 0 Å². The van der Waals surface area contributed by atoms with Crippen LogP contribution in [0.4, 0.5) is 17.1 Å². The first kappa shape index (κ1) is 34.0. The van der Waals surface area contributed by atoms with Crippen molar-refractivity contribution >= 4 is 70.1 Å². The van der Waals surface area contributed by atoms with Gasteiger partial charge in [-0.05, 0) is 97.4 Å². The molecule has 1 aromatic heterocycles. The summed E-state index contributed by atoms with van der Waals surface area (Å²) in [7, 11) is 0. The van der Waals surface area contributed by atoms with E-state index in [-0.39, 0.29) is 0 Å². The smallest absolute Gasteiger partial charge is 0.0540 e. The number of thiophene rings is 1. The maximum absolute atomic E-state index is 2.46. The third kappa shape index (κ3) is 5.94. The number of hydrogen-bond acceptors (Lipinski definition) is 2. The highest BCUT2D eigenvalue weighted by molar-refractivity contribution is 7.25. The molecule has 1 heterocycles. The largest absolute Gasteiger partial charge is 0.309 e. The minimum Gasteiger partial charge on any atom is -0.309 e. The zero-order valence-corrected chi connectivity index (χ0v) is 32.5. The van der Waals surface area contributed by atoms with E-state index in [1.54, 1.807) is 0 Å². The van der Waals surface area contributed by atoms with Crippen molar-refractivity contribution in [3.63, 3.8) is 0 Å². The molecule has 0 aliphatic rings. The zero-order valence-electron chi connectivity index (χ0n) is 31.7. The summed E-state index contributed by atoms with van der Waals surface area (Å²) in [6, 6.07) is 82.0. The number of hydrogen-bond donors (Lipinski definition) is 0. The Morgan fingerprint density at radius 3 is 1.62 bits per heavy atom. The number of para-hydroxylation sites is 2. The van der Waals surface area contributed by atoms with Crippen molar-refractivity contribution < 1.29 is 0 Å². The van der Waals surface area contributed by atoms with E-state index in [0.717, 1.165) is 17.1 Å². The van der Waals surface area contributed by atoms with Crippen molar-refractivity contribution in [3.05, 3.63) is 224 Å². The van der Waals surface area contributed by atoms with Gasteiger partial charge >= 0.3 is 0 Å². The minimum atomic E-state index is 1.10. The zero-order chi connectivity index (χ0) is 38.4. The summed E-state index contributed by atoms with van der Waals surface area (Å²) in [5.41, 5.74) is 13.0. The van der Waals surface area contributed by atoms with E-state index in [9.17, 15) is 0 Å². The van der Waals surface area contributed by atoms with Crippen LogP contribution in [0.25, 0.3) is 86.2 Å². The SMILES string of the molecule is c1ccc(N(c2ccc(-c3ccc(-c4cccc5ccccc45)cc3)cc2)c2ccccc2-c2cccc3sc4ccccc4c23)c(-c2ccc3ccccc3c2)c1. The van der Waals surface area contributed by atoms with Crippen molar-refractivity contribution in [3.8, 4) is 44.5 Å². The van der Waals surface area contributed by atoms with E-state index in [1.807, 2.05) is 11.3 Å². The first-order valence-corrected chi connectivity index (χ1v) is 20.7. The van der Waals surface area contributed by atoms with Gasteiger partial charge in [-0.2, -0.15) is 0 Å². The van der Waals surface area contributed by atoms with Crippen molar-refractivity contribution in [2.24, 2.45) is 0 Å². The number of fused-ring (bicyclic) bond motifs is 5. The second kappa shape index (κ2) is 14.4. The fourth-order valence-corrected chi connectivity index (χ4v) is 9.83. The molecule has 0 N–H and O–H groups in total. The molecule has 1 nitrogen and oxygen atoms in total. The predicted molar refractivity (Wildman–Crippen MR) is 251 cm³/mol.